The molecular formula is C18H21BrN2. The lowest BCUT2D eigenvalue weighted by molar-refractivity contribution is 0.726. The zero-order valence-electron chi connectivity index (χ0n) is 12.4. The first-order valence-electron chi connectivity index (χ1n) is 7.64. The van der Waals surface area contributed by atoms with E-state index in [0.29, 0.717) is 0 Å². The van der Waals surface area contributed by atoms with E-state index in [1.165, 1.54) is 39.8 Å². The number of hydrogen-bond donors (Lipinski definition) is 1. The van der Waals surface area contributed by atoms with Crippen LogP contribution < -0.4 is 10.2 Å². The SMILES string of the molecule is CCNCc1ccc(N2CCCc3ccccc32)c(Br)c1. The zero-order chi connectivity index (χ0) is 14.7. The van der Waals surface area contributed by atoms with Crippen molar-refractivity contribution in [3.05, 3.63) is 58.1 Å². The lowest BCUT2D eigenvalue weighted by atomic mass is 10.0. The number of hydrogen-bond acceptors (Lipinski definition) is 2. The standard InChI is InChI=1S/C18H21BrN2/c1-2-20-13-14-9-10-18(16(19)12-14)21-11-5-7-15-6-3-4-8-17(15)21/h3-4,6,8-10,12,20H,2,5,7,11,13H2,1H3. The van der Waals surface area contributed by atoms with E-state index in [2.05, 4.69) is 75.5 Å². The molecule has 2 aromatic rings. The fourth-order valence-electron chi connectivity index (χ4n) is 2.93. The van der Waals surface area contributed by atoms with Crippen LogP contribution in [0.4, 0.5) is 11.4 Å². The minimum atomic E-state index is 0.923. The van der Waals surface area contributed by atoms with Crippen molar-refractivity contribution in [1.29, 1.82) is 0 Å². The molecule has 1 heterocycles. The third-order valence-electron chi connectivity index (χ3n) is 3.99. The molecule has 0 radical (unpaired) electrons. The van der Waals surface area contributed by atoms with E-state index in [4.69, 9.17) is 0 Å². The fourth-order valence-corrected chi connectivity index (χ4v) is 3.57. The van der Waals surface area contributed by atoms with E-state index in [1.807, 2.05) is 0 Å². The third-order valence-corrected chi connectivity index (χ3v) is 4.63. The average Bonchev–Trinajstić information content (AvgIpc) is 2.53. The van der Waals surface area contributed by atoms with Crippen LogP contribution in [0, 0.1) is 0 Å². The summed E-state index contributed by atoms with van der Waals surface area (Å²) in [5, 5.41) is 3.37. The summed E-state index contributed by atoms with van der Waals surface area (Å²) in [7, 11) is 0. The van der Waals surface area contributed by atoms with Crippen molar-refractivity contribution >= 4 is 27.3 Å². The summed E-state index contributed by atoms with van der Waals surface area (Å²) in [6.07, 6.45) is 2.39. The molecule has 0 bridgehead atoms. The number of aryl methyl sites for hydroxylation is 1. The Kier molecular flexibility index (Phi) is 4.61. The van der Waals surface area contributed by atoms with E-state index in [9.17, 15) is 0 Å². The van der Waals surface area contributed by atoms with Gasteiger partial charge in [0.2, 0.25) is 0 Å². The molecule has 1 aliphatic rings. The topological polar surface area (TPSA) is 15.3 Å². The van der Waals surface area contributed by atoms with E-state index < -0.39 is 0 Å². The molecule has 0 unspecified atom stereocenters. The first-order valence-corrected chi connectivity index (χ1v) is 8.43. The molecule has 0 atom stereocenters. The van der Waals surface area contributed by atoms with Crippen LogP contribution >= 0.6 is 15.9 Å². The van der Waals surface area contributed by atoms with Gasteiger partial charge in [0.05, 0.1) is 5.69 Å². The molecule has 2 aromatic carbocycles. The molecule has 0 aliphatic carbocycles. The predicted octanol–water partition coefficient (Wildman–Crippen LogP) is 4.64. The Morgan fingerprint density at radius 3 is 2.81 bits per heavy atom. The molecule has 0 spiro atoms. The van der Waals surface area contributed by atoms with Crippen molar-refractivity contribution in [1.82, 2.24) is 5.32 Å². The highest BCUT2D eigenvalue weighted by molar-refractivity contribution is 9.10. The molecule has 0 fully saturated rings. The number of anilines is 2. The second kappa shape index (κ2) is 6.63. The number of nitrogens with one attached hydrogen (secondary N) is 1. The summed E-state index contributed by atoms with van der Waals surface area (Å²) in [5.74, 6) is 0. The Morgan fingerprint density at radius 2 is 2.00 bits per heavy atom. The van der Waals surface area contributed by atoms with Gasteiger partial charge in [-0.1, -0.05) is 31.2 Å². The molecule has 0 saturated heterocycles. The van der Waals surface area contributed by atoms with Crippen LogP contribution in [-0.2, 0) is 13.0 Å². The van der Waals surface area contributed by atoms with Crippen molar-refractivity contribution in [2.45, 2.75) is 26.3 Å². The normalized spacial score (nSPS) is 14.1. The highest BCUT2D eigenvalue weighted by Gasteiger charge is 2.19. The van der Waals surface area contributed by atoms with E-state index in [1.54, 1.807) is 0 Å². The highest BCUT2D eigenvalue weighted by Crippen LogP contribution is 2.37. The molecular weight excluding hydrogens is 324 g/mol. The Hall–Kier alpha value is -1.32. The Balaban J connectivity index is 1.91. The molecule has 0 saturated carbocycles. The van der Waals surface area contributed by atoms with Gasteiger partial charge in [0, 0.05) is 23.2 Å². The third kappa shape index (κ3) is 3.14. The Morgan fingerprint density at radius 1 is 1.14 bits per heavy atom. The monoisotopic (exact) mass is 344 g/mol. The minimum Gasteiger partial charge on any atom is -0.340 e. The molecule has 3 rings (SSSR count). The van der Waals surface area contributed by atoms with Gasteiger partial charge in [0.1, 0.15) is 0 Å². The number of nitrogens with zero attached hydrogens (tertiary/aromatic N) is 1. The lowest BCUT2D eigenvalue weighted by Gasteiger charge is -2.32. The molecule has 2 nitrogen and oxygen atoms in total. The summed E-state index contributed by atoms with van der Waals surface area (Å²) < 4.78 is 1.18. The molecule has 21 heavy (non-hydrogen) atoms. The van der Waals surface area contributed by atoms with Crippen LogP contribution in [-0.4, -0.2) is 13.1 Å². The summed E-state index contributed by atoms with van der Waals surface area (Å²) >= 11 is 3.76. The van der Waals surface area contributed by atoms with Crippen LogP contribution in [0.25, 0.3) is 0 Å². The summed E-state index contributed by atoms with van der Waals surface area (Å²) in [6, 6.07) is 15.4. The molecule has 0 aromatic heterocycles. The van der Waals surface area contributed by atoms with Crippen LogP contribution in [0.3, 0.4) is 0 Å². The smallest absolute Gasteiger partial charge is 0.0555 e. The van der Waals surface area contributed by atoms with Gasteiger partial charge in [0.15, 0.2) is 0 Å². The number of para-hydroxylation sites is 1. The quantitative estimate of drug-likeness (QED) is 0.868. The maximum atomic E-state index is 3.76. The zero-order valence-corrected chi connectivity index (χ0v) is 14.0. The van der Waals surface area contributed by atoms with Gasteiger partial charge in [-0.05, 0) is 64.6 Å². The molecule has 110 valence electrons. The second-order valence-corrected chi connectivity index (χ2v) is 6.30. The van der Waals surface area contributed by atoms with Crippen molar-refractivity contribution in [2.24, 2.45) is 0 Å². The number of fused-ring (bicyclic) bond motifs is 1. The van der Waals surface area contributed by atoms with Gasteiger partial charge in [-0.2, -0.15) is 0 Å². The van der Waals surface area contributed by atoms with Crippen LogP contribution in [0.15, 0.2) is 46.9 Å². The van der Waals surface area contributed by atoms with Crippen molar-refractivity contribution in [3.8, 4) is 0 Å². The van der Waals surface area contributed by atoms with Gasteiger partial charge in [-0.3, -0.25) is 0 Å². The second-order valence-electron chi connectivity index (χ2n) is 5.45. The number of halogens is 1. The van der Waals surface area contributed by atoms with E-state index >= 15 is 0 Å². The Labute approximate surface area is 135 Å². The predicted molar refractivity (Wildman–Crippen MR) is 93.3 cm³/mol. The Bertz CT molecular complexity index is 624. The van der Waals surface area contributed by atoms with Crippen LogP contribution in [0.1, 0.15) is 24.5 Å². The van der Waals surface area contributed by atoms with E-state index in [0.717, 1.165) is 19.6 Å². The van der Waals surface area contributed by atoms with Gasteiger partial charge >= 0.3 is 0 Å². The van der Waals surface area contributed by atoms with Gasteiger partial charge < -0.3 is 10.2 Å². The maximum absolute atomic E-state index is 3.76. The minimum absolute atomic E-state index is 0.923. The van der Waals surface area contributed by atoms with Gasteiger partial charge in [0.25, 0.3) is 0 Å². The summed E-state index contributed by atoms with van der Waals surface area (Å²) in [6.45, 7) is 5.14. The lowest BCUT2D eigenvalue weighted by Crippen LogP contribution is -2.24. The number of benzene rings is 2. The van der Waals surface area contributed by atoms with Gasteiger partial charge in [-0.15, -0.1) is 0 Å². The molecule has 3 heteroatoms. The largest absolute Gasteiger partial charge is 0.340 e. The van der Waals surface area contributed by atoms with Crippen LogP contribution in [0.5, 0.6) is 0 Å². The highest BCUT2D eigenvalue weighted by atomic mass is 79.9. The van der Waals surface area contributed by atoms with Crippen molar-refractivity contribution in [3.63, 3.8) is 0 Å². The number of rotatable bonds is 4. The van der Waals surface area contributed by atoms with E-state index in [-0.39, 0.29) is 0 Å². The van der Waals surface area contributed by atoms with Crippen molar-refractivity contribution in [2.75, 3.05) is 18.0 Å². The first kappa shape index (κ1) is 14.6. The summed E-state index contributed by atoms with van der Waals surface area (Å²) in [5.41, 5.74) is 5.39. The maximum Gasteiger partial charge on any atom is 0.0555 e. The fraction of sp³-hybridized carbons (Fsp3) is 0.333. The van der Waals surface area contributed by atoms with Gasteiger partial charge in [-0.25, -0.2) is 0 Å². The van der Waals surface area contributed by atoms with Crippen molar-refractivity contribution < 1.29 is 0 Å². The average molecular weight is 345 g/mol. The molecule has 0 amide bonds. The molecule has 1 N–H and O–H groups in total. The van der Waals surface area contributed by atoms with Crippen LogP contribution in [0.2, 0.25) is 0 Å². The molecule has 1 aliphatic heterocycles. The summed E-state index contributed by atoms with van der Waals surface area (Å²) in [4.78, 5) is 2.43. The first-order chi connectivity index (χ1) is 10.3.